The predicted molar refractivity (Wildman–Crippen MR) is 58.9 cm³/mol. The normalized spacial score (nSPS) is 12.9. The molecule has 0 aliphatic heterocycles. The highest BCUT2D eigenvalue weighted by molar-refractivity contribution is 5.83. The summed E-state index contributed by atoms with van der Waals surface area (Å²) in [5.74, 6) is -0.779. The molecule has 0 spiro atoms. The molecule has 15 heavy (non-hydrogen) atoms. The van der Waals surface area contributed by atoms with E-state index in [1.54, 1.807) is 0 Å². The summed E-state index contributed by atoms with van der Waals surface area (Å²) in [6, 6.07) is 9.29. The largest absolute Gasteiger partial charge is 0.480 e. The quantitative estimate of drug-likeness (QED) is 0.833. The molecule has 78 valence electrons. The fourth-order valence-corrected chi connectivity index (χ4v) is 1.87. The number of hydrogen-bond donors (Lipinski definition) is 1. The Morgan fingerprint density at radius 1 is 1.40 bits per heavy atom. The van der Waals surface area contributed by atoms with Crippen LogP contribution in [-0.2, 0) is 4.79 Å². The third kappa shape index (κ3) is 1.61. The van der Waals surface area contributed by atoms with Crippen LogP contribution in [0.4, 0.5) is 0 Å². The Labute approximate surface area is 87.9 Å². The molecule has 1 aromatic heterocycles. The van der Waals surface area contributed by atoms with Crippen molar-refractivity contribution >= 4 is 16.9 Å². The van der Waals surface area contributed by atoms with Crippen LogP contribution in [0.2, 0.25) is 0 Å². The molecule has 0 bridgehead atoms. The van der Waals surface area contributed by atoms with Crippen molar-refractivity contribution in [2.45, 2.75) is 19.4 Å². The van der Waals surface area contributed by atoms with E-state index in [0.29, 0.717) is 6.42 Å². The van der Waals surface area contributed by atoms with Gasteiger partial charge in [-0.3, -0.25) is 0 Å². The van der Waals surface area contributed by atoms with E-state index in [9.17, 15) is 4.79 Å². The van der Waals surface area contributed by atoms with E-state index in [1.807, 2.05) is 48.0 Å². The zero-order chi connectivity index (χ0) is 10.8. The maximum absolute atomic E-state index is 11.1. The van der Waals surface area contributed by atoms with Crippen molar-refractivity contribution in [1.82, 2.24) is 4.57 Å². The van der Waals surface area contributed by atoms with E-state index >= 15 is 0 Å². The SMILES string of the molecule is CC[C@H](C(=O)O)n1ccc2ccccc21. The molecule has 1 heterocycles. The number of carbonyl (C=O) groups is 1. The highest BCUT2D eigenvalue weighted by atomic mass is 16.4. The molecule has 0 radical (unpaired) electrons. The van der Waals surface area contributed by atoms with Gasteiger partial charge < -0.3 is 9.67 Å². The second-order valence-corrected chi connectivity index (χ2v) is 3.54. The van der Waals surface area contributed by atoms with Gasteiger partial charge in [-0.15, -0.1) is 0 Å². The molecule has 3 nitrogen and oxygen atoms in total. The highest BCUT2D eigenvalue weighted by Gasteiger charge is 2.17. The first-order valence-electron chi connectivity index (χ1n) is 5.02. The number of aromatic nitrogens is 1. The number of carboxylic acid groups (broad SMARTS) is 1. The third-order valence-corrected chi connectivity index (χ3v) is 2.64. The lowest BCUT2D eigenvalue weighted by atomic mass is 10.2. The molecule has 2 rings (SSSR count). The monoisotopic (exact) mass is 203 g/mol. The molecule has 1 N–H and O–H groups in total. The Balaban J connectivity index is 2.55. The van der Waals surface area contributed by atoms with Crippen molar-refractivity contribution in [3.8, 4) is 0 Å². The standard InChI is InChI=1S/C12H13NO2/c1-2-10(12(14)15)13-8-7-9-5-3-4-6-11(9)13/h3-8,10H,2H2,1H3,(H,14,15)/t10-/m1/s1. The van der Waals surface area contributed by atoms with Crippen molar-refractivity contribution < 1.29 is 9.90 Å². The number of carboxylic acids is 1. The molecule has 0 saturated heterocycles. The van der Waals surface area contributed by atoms with Crippen LogP contribution < -0.4 is 0 Å². The molecule has 0 unspecified atom stereocenters. The molecular weight excluding hydrogens is 190 g/mol. The number of rotatable bonds is 3. The Morgan fingerprint density at radius 2 is 2.13 bits per heavy atom. The smallest absolute Gasteiger partial charge is 0.326 e. The van der Waals surface area contributed by atoms with Crippen molar-refractivity contribution in [3.05, 3.63) is 36.5 Å². The molecule has 0 fully saturated rings. The van der Waals surface area contributed by atoms with Crippen LogP contribution in [0.1, 0.15) is 19.4 Å². The second kappa shape index (κ2) is 3.77. The number of nitrogens with zero attached hydrogens (tertiary/aromatic N) is 1. The summed E-state index contributed by atoms with van der Waals surface area (Å²) < 4.78 is 1.82. The van der Waals surface area contributed by atoms with Crippen LogP contribution >= 0.6 is 0 Å². The predicted octanol–water partition coefficient (Wildman–Crippen LogP) is 2.68. The lowest BCUT2D eigenvalue weighted by Gasteiger charge is -2.13. The van der Waals surface area contributed by atoms with Gasteiger partial charge in [-0.25, -0.2) is 4.79 Å². The lowest BCUT2D eigenvalue weighted by molar-refractivity contribution is -0.140. The van der Waals surface area contributed by atoms with E-state index in [1.165, 1.54) is 0 Å². The van der Waals surface area contributed by atoms with Crippen LogP contribution in [0.5, 0.6) is 0 Å². The Hall–Kier alpha value is -1.77. The molecule has 3 heteroatoms. The molecule has 0 aliphatic rings. The molecule has 0 amide bonds. The molecule has 0 saturated carbocycles. The van der Waals surface area contributed by atoms with Gasteiger partial charge >= 0.3 is 5.97 Å². The maximum Gasteiger partial charge on any atom is 0.326 e. The van der Waals surface area contributed by atoms with Crippen LogP contribution in [0.3, 0.4) is 0 Å². The van der Waals surface area contributed by atoms with Gasteiger partial charge in [-0.05, 0) is 23.9 Å². The van der Waals surface area contributed by atoms with Crippen LogP contribution in [0.25, 0.3) is 10.9 Å². The Bertz CT molecular complexity index is 487. The number of para-hydroxylation sites is 1. The Kier molecular flexibility index (Phi) is 2.46. The zero-order valence-corrected chi connectivity index (χ0v) is 8.55. The summed E-state index contributed by atoms with van der Waals surface area (Å²) in [7, 11) is 0. The summed E-state index contributed by atoms with van der Waals surface area (Å²) in [5.41, 5.74) is 0.978. The van der Waals surface area contributed by atoms with Crippen molar-refractivity contribution in [1.29, 1.82) is 0 Å². The van der Waals surface area contributed by atoms with Gasteiger partial charge in [0.05, 0.1) is 0 Å². The first kappa shape index (κ1) is 9.77. The molecule has 2 aromatic rings. The average molecular weight is 203 g/mol. The van der Waals surface area contributed by atoms with Gasteiger partial charge in [-0.2, -0.15) is 0 Å². The summed E-state index contributed by atoms with van der Waals surface area (Å²) in [4.78, 5) is 11.1. The van der Waals surface area contributed by atoms with Crippen LogP contribution in [0.15, 0.2) is 36.5 Å². The van der Waals surface area contributed by atoms with Crippen molar-refractivity contribution in [2.75, 3.05) is 0 Å². The van der Waals surface area contributed by atoms with Gasteiger partial charge in [0.15, 0.2) is 0 Å². The van der Waals surface area contributed by atoms with Gasteiger partial charge in [0.1, 0.15) is 6.04 Å². The summed E-state index contributed by atoms with van der Waals surface area (Å²) >= 11 is 0. The topological polar surface area (TPSA) is 42.2 Å². The van der Waals surface area contributed by atoms with Gasteiger partial charge in [0.25, 0.3) is 0 Å². The first-order chi connectivity index (χ1) is 7.24. The summed E-state index contributed by atoms with van der Waals surface area (Å²) in [6.45, 7) is 1.88. The minimum absolute atomic E-state index is 0.468. The minimum Gasteiger partial charge on any atom is -0.480 e. The van der Waals surface area contributed by atoms with Gasteiger partial charge in [0, 0.05) is 11.7 Å². The summed E-state index contributed by atoms with van der Waals surface area (Å²) in [6.07, 6.45) is 2.43. The highest BCUT2D eigenvalue weighted by Crippen LogP contribution is 2.21. The molecule has 1 aromatic carbocycles. The van der Waals surface area contributed by atoms with Gasteiger partial charge in [-0.1, -0.05) is 25.1 Å². The Morgan fingerprint density at radius 3 is 2.80 bits per heavy atom. The summed E-state index contributed by atoms with van der Waals surface area (Å²) in [5, 5.41) is 10.2. The molecular formula is C12H13NO2. The second-order valence-electron chi connectivity index (χ2n) is 3.54. The van der Waals surface area contributed by atoms with E-state index in [4.69, 9.17) is 5.11 Å². The number of hydrogen-bond acceptors (Lipinski definition) is 1. The van der Waals surface area contributed by atoms with E-state index < -0.39 is 12.0 Å². The lowest BCUT2D eigenvalue weighted by Crippen LogP contribution is -2.17. The van der Waals surface area contributed by atoms with E-state index in [0.717, 1.165) is 10.9 Å². The molecule has 0 aliphatic carbocycles. The van der Waals surface area contributed by atoms with E-state index in [-0.39, 0.29) is 0 Å². The van der Waals surface area contributed by atoms with Crippen LogP contribution in [0, 0.1) is 0 Å². The fraction of sp³-hybridized carbons (Fsp3) is 0.250. The van der Waals surface area contributed by atoms with Crippen LogP contribution in [-0.4, -0.2) is 15.6 Å². The molecule has 1 atom stereocenters. The average Bonchev–Trinajstić information content (AvgIpc) is 2.63. The zero-order valence-electron chi connectivity index (χ0n) is 8.55. The number of aliphatic carboxylic acids is 1. The third-order valence-electron chi connectivity index (χ3n) is 2.64. The van der Waals surface area contributed by atoms with Crippen molar-refractivity contribution in [3.63, 3.8) is 0 Å². The number of fused-ring (bicyclic) bond motifs is 1. The van der Waals surface area contributed by atoms with E-state index in [2.05, 4.69) is 0 Å². The fourth-order valence-electron chi connectivity index (χ4n) is 1.87. The van der Waals surface area contributed by atoms with Crippen molar-refractivity contribution in [2.24, 2.45) is 0 Å². The maximum atomic E-state index is 11.1. The van der Waals surface area contributed by atoms with Gasteiger partial charge in [0.2, 0.25) is 0 Å². The number of benzene rings is 1. The minimum atomic E-state index is -0.779. The first-order valence-corrected chi connectivity index (χ1v) is 5.02.